The molecule has 2 N–H and O–H groups in total. The second-order valence-corrected chi connectivity index (χ2v) is 8.82. The predicted octanol–water partition coefficient (Wildman–Crippen LogP) is 2.81. The van der Waals surface area contributed by atoms with Gasteiger partial charge in [-0.15, -0.1) is 0 Å². The number of ether oxygens (including phenoxy) is 2. The molecule has 1 saturated heterocycles. The lowest BCUT2D eigenvalue weighted by Gasteiger charge is -2.36. The molecule has 1 aliphatic heterocycles. The van der Waals surface area contributed by atoms with E-state index >= 15 is 0 Å². The van der Waals surface area contributed by atoms with Gasteiger partial charge in [-0.25, -0.2) is 0 Å². The summed E-state index contributed by atoms with van der Waals surface area (Å²) in [5.74, 6) is 0.00219. The fourth-order valence-corrected chi connectivity index (χ4v) is 4.32. The van der Waals surface area contributed by atoms with Crippen molar-refractivity contribution in [3.8, 4) is 5.75 Å². The van der Waals surface area contributed by atoms with Crippen molar-refractivity contribution < 1.29 is 23.9 Å². The van der Waals surface area contributed by atoms with E-state index < -0.39 is 6.04 Å². The Bertz CT molecular complexity index is 1020. The summed E-state index contributed by atoms with van der Waals surface area (Å²) < 4.78 is 10.3. The van der Waals surface area contributed by atoms with Gasteiger partial charge in [0.2, 0.25) is 5.91 Å². The Morgan fingerprint density at radius 3 is 2.43 bits per heavy atom. The number of methoxy groups -OCH3 is 2. The number of likely N-dealkylation sites (tertiary alicyclic amines) is 1. The number of carbonyl (C=O) groups is 3. The average molecular weight is 482 g/mol. The first-order chi connectivity index (χ1) is 16.9. The lowest BCUT2D eigenvalue weighted by Crippen LogP contribution is -2.54. The van der Waals surface area contributed by atoms with Gasteiger partial charge < -0.3 is 25.0 Å². The van der Waals surface area contributed by atoms with Crippen molar-refractivity contribution in [1.29, 1.82) is 0 Å². The molecule has 188 valence electrons. The molecule has 0 aromatic heterocycles. The Hall–Kier alpha value is -3.39. The van der Waals surface area contributed by atoms with Crippen molar-refractivity contribution in [3.63, 3.8) is 0 Å². The number of rotatable bonds is 10. The van der Waals surface area contributed by atoms with E-state index in [2.05, 4.69) is 10.6 Å². The zero-order valence-electron chi connectivity index (χ0n) is 20.7. The van der Waals surface area contributed by atoms with E-state index in [1.807, 2.05) is 19.1 Å². The van der Waals surface area contributed by atoms with E-state index in [9.17, 15) is 14.4 Å². The van der Waals surface area contributed by atoms with Crippen LogP contribution in [-0.4, -0.2) is 69.1 Å². The quantitative estimate of drug-likeness (QED) is 0.509. The molecule has 2 aromatic carbocycles. The first-order valence-electron chi connectivity index (χ1n) is 12.0. The van der Waals surface area contributed by atoms with Crippen LogP contribution in [0.5, 0.6) is 5.75 Å². The number of nitrogens with zero attached hydrogens (tertiary/aromatic N) is 1. The average Bonchev–Trinajstić information content (AvgIpc) is 2.89. The van der Waals surface area contributed by atoms with Gasteiger partial charge in [0.1, 0.15) is 11.8 Å². The highest BCUT2D eigenvalue weighted by atomic mass is 16.5. The second kappa shape index (κ2) is 12.9. The summed E-state index contributed by atoms with van der Waals surface area (Å²) >= 11 is 0. The van der Waals surface area contributed by atoms with Gasteiger partial charge in [0.05, 0.1) is 7.11 Å². The third-order valence-corrected chi connectivity index (χ3v) is 6.29. The zero-order chi connectivity index (χ0) is 25.2. The minimum atomic E-state index is -0.681. The zero-order valence-corrected chi connectivity index (χ0v) is 20.7. The van der Waals surface area contributed by atoms with E-state index in [4.69, 9.17) is 9.47 Å². The molecule has 1 heterocycles. The summed E-state index contributed by atoms with van der Waals surface area (Å²) in [7, 11) is 3.19. The monoisotopic (exact) mass is 481 g/mol. The molecule has 3 amide bonds. The molecule has 8 heteroatoms. The van der Waals surface area contributed by atoms with Crippen LogP contribution >= 0.6 is 0 Å². The van der Waals surface area contributed by atoms with Gasteiger partial charge >= 0.3 is 0 Å². The van der Waals surface area contributed by atoms with Crippen molar-refractivity contribution in [2.24, 2.45) is 5.92 Å². The maximum Gasteiger partial charge on any atom is 0.253 e. The predicted molar refractivity (Wildman–Crippen MR) is 134 cm³/mol. The second-order valence-electron chi connectivity index (χ2n) is 8.82. The van der Waals surface area contributed by atoms with E-state index in [-0.39, 0.29) is 23.6 Å². The van der Waals surface area contributed by atoms with Gasteiger partial charge in [0.25, 0.3) is 11.8 Å². The van der Waals surface area contributed by atoms with Crippen LogP contribution in [0.15, 0.2) is 48.5 Å². The van der Waals surface area contributed by atoms with Gasteiger partial charge in [-0.05, 0) is 62.4 Å². The molecule has 2 aromatic rings. The maximum atomic E-state index is 13.1. The summed E-state index contributed by atoms with van der Waals surface area (Å²) in [6, 6.07) is 13.7. The molecule has 8 nitrogen and oxygen atoms in total. The van der Waals surface area contributed by atoms with Crippen molar-refractivity contribution >= 4 is 17.7 Å². The first kappa shape index (κ1) is 26.2. The molecular formula is C27H35N3O5. The van der Waals surface area contributed by atoms with E-state index in [1.54, 1.807) is 55.5 Å². The third kappa shape index (κ3) is 7.29. The standard InChI is InChI=1S/C27H35N3O5/c1-19-7-4-8-21(17-19)25(31)29-24(26(32)28-13-6-16-34-2)20-11-14-30(15-12-20)27(33)22-9-5-10-23(18-22)35-3/h4-5,7-10,17-18,20,24H,6,11-16H2,1-3H3,(H,28,32)(H,29,31). The molecule has 1 atom stereocenters. The summed E-state index contributed by atoms with van der Waals surface area (Å²) in [5.41, 5.74) is 2.07. The summed E-state index contributed by atoms with van der Waals surface area (Å²) in [6.07, 6.45) is 1.91. The number of carbonyl (C=O) groups excluding carboxylic acids is 3. The van der Waals surface area contributed by atoms with Crippen molar-refractivity contribution in [3.05, 3.63) is 65.2 Å². The molecular weight excluding hydrogens is 446 g/mol. The number of aryl methyl sites for hydroxylation is 1. The SMILES string of the molecule is COCCCNC(=O)C(NC(=O)c1cccc(C)c1)C1CCN(C(=O)c2cccc(OC)c2)CC1. The molecule has 0 aliphatic carbocycles. The number of hydrogen-bond acceptors (Lipinski definition) is 5. The normalized spacial score (nSPS) is 14.8. The number of amides is 3. The van der Waals surface area contributed by atoms with Crippen molar-refractivity contribution in [2.45, 2.75) is 32.2 Å². The highest BCUT2D eigenvalue weighted by Gasteiger charge is 2.34. The summed E-state index contributed by atoms with van der Waals surface area (Å²) in [5, 5.41) is 5.89. The molecule has 1 fully saturated rings. The van der Waals surface area contributed by atoms with Gasteiger partial charge in [-0.3, -0.25) is 14.4 Å². The number of piperidine rings is 1. The third-order valence-electron chi connectivity index (χ3n) is 6.29. The summed E-state index contributed by atoms with van der Waals surface area (Å²) in [4.78, 5) is 40.8. The van der Waals surface area contributed by atoms with Crippen LogP contribution in [0, 0.1) is 12.8 Å². The Labute approximate surface area is 207 Å². The van der Waals surface area contributed by atoms with Crippen LogP contribution in [0.25, 0.3) is 0 Å². The van der Waals surface area contributed by atoms with E-state index in [0.717, 1.165) is 5.56 Å². The fourth-order valence-electron chi connectivity index (χ4n) is 4.32. The molecule has 0 radical (unpaired) electrons. The topological polar surface area (TPSA) is 97.0 Å². The van der Waals surface area contributed by atoms with E-state index in [1.165, 1.54) is 0 Å². The van der Waals surface area contributed by atoms with Gasteiger partial charge in [0.15, 0.2) is 0 Å². The molecule has 1 aliphatic rings. The van der Waals surface area contributed by atoms with Gasteiger partial charge in [-0.1, -0.05) is 23.8 Å². The van der Waals surface area contributed by atoms with Crippen molar-refractivity contribution in [2.75, 3.05) is 40.5 Å². The Morgan fingerprint density at radius 2 is 1.74 bits per heavy atom. The minimum absolute atomic E-state index is 0.0632. The summed E-state index contributed by atoms with van der Waals surface area (Å²) in [6.45, 7) is 3.96. The minimum Gasteiger partial charge on any atom is -0.497 e. The Balaban J connectivity index is 1.67. The number of hydrogen-bond donors (Lipinski definition) is 2. The van der Waals surface area contributed by atoms with Gasteiger partial charge in [0, 0.05) is 44.5 Å². The first-order valence-corrected chi connectivity index (χ1v) is 12.0. The number of nitrogens with one attached hydrogen (secondary N) is 2. The fraction of sp³-hybridized carbons (Fsp3) is 0.444. The highest BCUT2D eigenvalue weighted by Crippen LogP contribution is 2.24. The molecule has 35 heavy (non-hydrogen) atoms. The largest absolute Gasteiger partial charge is 0.497 e. The van der Waals surface area contributed by atoms with Crippen LogP contribution in [0.1, 0.15) is 45.5 Å². The Morgan fingerprint density at radius 1 is 1.03 bits per heavy atom. The van der Waals surface area contributed by atoms with Gasteiger partial charge in [-0.2, -0.15) is 0 Å². The molecule has 1 unspecified atom stereocenters. The number of benzene rings is 2. The van der Waals surface area contributed by atoms with Crippen LogP contribution in [-0.2, 0) is 9.53 Å². The Kier molecular flexibility index (Phi) is 9.66. The highest BCUT2D eigenvalue weighted by molar-refractivity contribution is 5.98. The van der Waals surface area contributed by atoms with Crippen LogP contribution in [0.3, 0.4) is 0 Å². The lowest BCUT2D eigenvalue weighted by atomic mass is 9.88. The van der Waals surface area contributed by atoms with Crippen LogP contribution < -0.4 is 15.4 Å². The lowest BCUT2D eigenvalue weighted by molar-refractivity contribution is -0.124. The van der Waals surface area contributed by atoms with Crippen LogP contribution in [0.4, 0.5) is 0 Å². The molecule has 3 rings (SSSR count). The van der Waals surface area contributed by atoms with Crippen LogP contribution in [0.2, 0.25) is 0 Å². The molecule has 0 saturated carbocycles. The molecule has 0 bridgehead atoms. The molecule has 0 spiro atoms. The maximum absolute atomic E-state index is 13.1. The van der Waals surface area contributed by atoms with Crippen molar-refractivity contribution in [1.82, 2.24) is 15.5 Å². The van der Waals surface area contributed by atoms with E-state index in [0.29, 0.717) is 62.4 Å². The smallest absolute Gasteiger partial charge is 0.253 e.